The number of carbonyl (C=O) groups is 1. The Morgan fingerprint density at radius 1 is 1.23 bits per heavy atom. The van der Waals surface area contributed by atoms with Crippen LogP contribution in [-0.2, 0) is 9.53 Å². The highest BCUT2D eigenvalue weighted by atomic mass is 16.5. The standard InChI is InChI=1S/C24H25N3O3/c1-16(26-24(28)20-13-18-6-2-3-7-22(18)30-15-20)17-9-10-21-19(12-17)14-25-27(21)23-8-4-5-11-29-23/h2-3,6-7,9-10,12-14,16,23H,4-5,8,11,15H2,1H3,(H,26,28). The molecule has 3 aromatic rings. The van der Waals surface area contributed by atoms with Gasteiger partial charge in [0.15, 0.2) is 6.23 Å². The van der Waals surface area contributed by atoms with Gasteiger partial charge in [-0.25, -0.2) is 4.68 Å². The molecule has 0 saturated carbocycles. The van der Waals surface area contributed by atoms with E-state index in [-0.39, 0.29) is 24.8 Å². The molecule has 2 aromatic carbocycles. The molecule has 1 saturated heterocycles. The Bertz CT molecular complexity index is 1110. The zero-order chi connectivity index (χ0) is 20.5. The molecule has 3 heterocycles. The van der Waals surface area contributed by atoms with Crippen molar-refractivity contribution >= 4 is 22.9 Å². The molecule has 2 unspecified atom stereocenters. The van der Waals surface area contributed by atoms with Crippen molar-refractivity contribution in [1.29, 1.82) is 0 Å². The molecule has 6 nitrogen and oxygen atoms in total. The Balaban J connectivity index is 1.32. The average molecular weight is 403 g/mol. The number of nitrogens with one attached hydrogen (secondary N) is 1. The zero-order valence-electron chi connectivity index (χ0n) is 17.0. The Morgan fingerprint density at radius 2 is 2.13 bits per heavy atom. The molecule has 0 bridgehead atoms. The highest BCUT2D eigenvalue weighted by Gasteiger charge is 2.21. The summed E-state index contributed by atoms with van der Waals surface area (Å²) in [7, 11) is 0. The van der Waals surface area contributed by atoms with E-state index in [9.17, 15) is 4.79 Å². The van der Waals surface area contributed by atoms with E-state index in [0.29, 0.717) is 5.57 Å². The van der Waals surface area contributed by atoms with Crippen molar-refractivity contribution in [2.45, 2.75) is 38.5 Å². The molecule has 2 atom stereocenters. The maximum atomic E-state index is 12.8. The topological polar surface area (TPSA) is 65.4 Å². The van der Waals surface area contributed by atoms with Gasteiger partial charge in [0.2, 0.25) is 0 Å². The number of ether oxygens (including phenoxy) is 2. The molecule has 0 aliphatic carbocycles. The summed E-state index contributed by atoms with van der Waals surface area (Å²) in [5, 5.41) is 8.70. The van der Waals surface area contributed by atoms with Crippen molar-refractivity contribution in [3.8, 4) is 5.75 Å². The number of amides is 1. The Kier molecular flexibility index (Phi) is 5.01. The fraction of sp³-hybridized carbons (Fsp3) is 0.333. The van der Waals surface area contributed by atoms with E-state index in [4.69, 9.17) is 9.47 Å². The third-order valence-corrected chi connectivity index (χ3v) is 5.82. The van der Waals surface area contributed by atoms with Crippen LogP contribution in [0.25, 0.3) is 17.0 Å². The van der Waals surface area contributed by atoms with Gasteiger partial charge in [0.05, 0.1) is 23.3 Å². The summed E-state index contributed by atoms with van der Waals surface area (Å²) >= 11 is 0. The van der Waals surface area contributed by atoms with Gasteiger partial charge in [-0.3, -0.25) is 4.79 Å². The Morgan fingerprint density at radius 3 is 3.00 bits per heavy atom. The molecule has 1 amide bonds. The van der Waals surface area contributed by atoms with Crippen molar-refractivity contribution in [1.82, 2.24) is 15.1 Å². The number of nitrogens with zero attached hydrogens (tertiary/aromatic N) is 2. The average Bonchev–Trinajstić information content (AvgIpc) is 3.22. The van der Waals surface area contributed by atoms with Gasteiger partial charge in [0.1, 0.15) is 12.4 Å². The summed E-state index contributed by atoms with van der Waals surface area (Å²) < 4.78 is 13.6. The van der Waals surface area contributed by atoms with Gasteiger partial charge in [0, 0.05) is 17.6 Å². The van der Waals surface area contributed by atoms with Crippen LogP contribution >= 0.6 is 0 Å². The van der Waals surface area contributed by atoms with Crippen molar-refractivity contribution in [3.05, 3.63) is 65.4 Å². The predicted octanol–water partition coefficient (Wildman–Crippen LogP) is 4.39. The molecule has 1 fully saturated rings. The number of benzene rings is 2. The van der Waals surface area contributed by atoms with Crippen LogP contribution in [0, 0.1) is 0 Å². The van der Waals surface area contributed by atoms with Crippen LogP contribution in [0.2, 0.25) is 0 Å². The summed E-state index contributed by atoms with van der Waals surface area (Å²) in [5.41, 5.74) is 3.66. The minimum atomic E-state index is -0.130. The number of aromatic nitrogens is 2. The number of para-hydroxylation sites is 1. The SMILES string of the molecule is CC(NC(=O)C1=Cc2ccccc2OC1)c1ccc2c(cnn2C2CCCCO2)c1. The molecular formula is C24H25N3O3. The predicted molar refractivity (Wildman–Crippen MR) is 115 cm³/mol. The van der Waals surface area contributed by atoms with E-state index < -0.39 is 0 Å². The Hall–Kier alpha value is -3.12. The highest BCUT2D eigenvalue weighted by molar-refractivity contribution is 5.99. The maximum absolute atomic E-state index is 12.8. The summed E-state index contributed by atoms with van der Waals surface area (Å²) in [5.74, 6) is 0.704. The second kappa shape index (κ2) is 7.95. The van der Waals surface area contributed by atoms with Gasteiger partial charge < -0.3 is 14.8 Å². The highest BCUT2D eigenvalue weighted by Crippen LogP contribution is 2.29. The largest absolute Gasteiger partial charge is 0.488 e. The molecule has 0 spiro atoms. The minimum absolute atomic E-state index is 0.0142. The fourth-order valence-corrected chi connectivity index (χ4v) is 4.11. The number of rotatable bonds is 4. The van der Waals surface area contributed by atoms with Crippen LogP contribution in [-0.4, -0.2) is 28.9 Å². The van der Waals surface area contributed by atoms with Gasteiger partial charge in [-0.05, 0) is 56.0 Å². The monoisotopic (exact) mass is 403 g/mol. The number of hydrogen-bond donors (Lipinski definition) is 1. The first kappa shape index (κ1) is 18.9. The first-order valence-corrected chi connectivity index (χ1v) is 10.5. The molecule has 1 aromatic heterocycles. The molecule has 5 rings (SSSR count). The minimum Gasteiger partial charge on any atom is -0.488 e. The maximum Gasteiger partial charge on any atom is 0.251 e. The van der Waals surface area contributed by atoms with Gasteiger partial charge in [-0.15, -0.1) is 0 Å². The molecule has 1 N–H and O–H groups in total. The van der Waals surface area contributed by atoms with Crippen molar-refractivity contribution in [3.63, 3.8) is 0 Å². The van der Waals surface area contributed by atoms with Gasteiger partial charge >= 0.3 is 0 Å². The lowest BCUT2D eigenvalue weighted by Crippen LogP contribution is -2.30. The van der Waals surface area contributed by atoms with Crippen LogP contribution in [0.3, 0.4) is 0 Å². The number of hydrogen-bond acceptors (Lipinski definition) is 4. The first-order chi connectivity index (χ1) is 14.7. The van der Waals surface area contributed by atoms with Crippen LogP contribution in [0.1, 0.15) is 49.6 Å². The van der Waals surface area contributed by atoms with Gasteiger partial charge in [-0.2, -0.15) is 5.10 Å². The third-order valence-electron chi connectivity index (χ3n) is 5.82. The third kappa shape index (κ3) is 3.59. The lowest BCUT2D eigenvalue weighted by molar-refractivity contribution is -0.118. The van der Waals surface area contributed by atoms with E-state index in [1.54, 1.807) is 0 Å². The lowest BCUT2D eigenvalue weighted by atomic mass is 10.0. The van der Waals surface area contributed by atoms with E-state index in [2.05, 4.69) is 28.6 Å². The van der Waals surface area contributed by atoms with Crippen molar-refractivity contribution in [2.24, 2.45) is 0 Å². The van der Waals surface area contributed by atoms with E-state index in [0.717, 1.165) is 53.6 Å². The molecule has 30 heavy (non-hydrogen) atoms. The molecule has 154 valence electrons. The van der Waals surface area contributed by atoms with Crippen LogP contribution in [0.5, 0.6) is 5.75 Å². The Labute approximate surface area is 175 Å². The second-order valence-electron chi connectivity index (χ2n) is 7.92. The van der Waals surface area contributed by atoms with Crippen LogP contribution in [0.4, 0.5) is 0 Å². The normalized spacial score (nSPS) is 19.5. The number of carbonyl (C=O) groups excluding carboxylic acids is 1. The van der Waals surface area contributed by atoms with Gasteiger partial charge in [-0.1, -0.05) is 24.3 Å². The van der Waals surface area contributed by atoms with E-state index in [1.807, 2.05) is 48.1 Å². The van der Waals surface area contributed by atoms with Crippen LogP contribution < -0.4 is 10.1 Å². The smallest absolute Gasteiger partial charge is 0.251 e. The molecule has 2 aliphatic heterocycles. The summed E-state index contributed by atoms with van der Waals surface area (Å²) in [6.07, 6.45) is 7.06. The summed E-state index contributed by atoms with van der Waals surface area (Å²) in [6.45, 7) is 3.06. The first-order valence-electron chi connectivity index (χ1n) is 10.5. The van der Waals surface area contributed by atoms with Crippen molar-refractivity contribution < 1.29 is 14.3 Å². The van der Waals surface area contributed by atoms with Crippen LogP contribution in [0.15, 0.2) is 54.2 Å². The lowest BCUT2D eigenvalue weighted by Gasteiger charge is -2.23. The summed E-state index contributed by atoms with van der Waals surface area (Å²) in [4.78, 5) is 12.8. The molecule has 6 heteroatoms. The van der Waals surface area contributed by atoms with E-state index >= 15 is 0 Å². The molecule has 0 radical (unpaired) electrons. The van der Waals surface area contributed by atoms with Gasteiger partial charge in [0.25, 0.3) is 5.91 Å². The zero-order valence-corrected chi connectivity index (χ0v) is 17.0. The quantitative estimate of drug-likeness (QED) is 0.702. The second-order valence-corrected chi connectivity index (χ2v) is 7.92. The molecular weight excluding hydrogens is 378 g/mol. The molecule has 2 aliphatic rings. The van der Waals surface area contributed by atoms with E-state index in [1.165, 1.54) is 0 Å². The number of fused-ring (bicyclic) bond motifs is 2. The fourth-order valence-electron chi connectivity index (χ4n) is 4.11. The summed E-state index contributed by atoms with van der Waals surface area (Å²) in [6, 6.07) is 13.8. The van der Waals surface area contributed by atoms with Crippen molar-refractivity contribution in [2.75, 3.05) is 13.2 Å².